The third-order valence-corrected chi connectivity index (χ3v) is 11.8. The van der Waals surface area contributed by atoms with Gasteiger partial charge in [0, 0.05) is 38.3 Å². The quantitative estimate of drug-likeness (QED) is 0.552. The fraction of sp³-hybridized carbons (Fsp3) is 0.727. The Morgan fingerprint density at radius 3 is 2.44 bits per heavy atom. The van der Waals surface area contributed by atoms with Crippen molar-refractivity contribution < 1.29 is 14.6 Å². The molecule has 1 aromatic carbocycles. The molecule has 0 spiro atoms. The molecule has 1 aromatic heterocycles. The summed E-state index contributed by atoms with van der Waals surface area (Å²) in [5.74, 6) is 2.78. The van der Waals surface area contributed by atoms with Crippen molar-refractivity contribution in [3.8, 4) is 0 Å². The number of aliphatic carboxylic acids is 1. The fourth-order valence-electron chi connectivity index (χ4n) is 9.72. The van der Waals surface area contributed by atoms with E-state index in [2.05, 4.69) is 18.7 Å². The number of para-hydroxylation sites is 2. The number of benzene rings is 1. The van der Waals surface area contributed by atoms with Gasteiger partial charge >= 0.3 is 5.97 Å². The van der Waals surface area contributed by atoms with Gasteiger partial charge in [-0.3, -0.25) is 9.69 Å². The molecule has 1 N–H and O–H groups in total. The van der Waals surface area contributed by atoms with E-state index in [-0.39, 0.29) is 17.4 Å². The van der Waals surface area contributed by atoms with Crippen LogP contribution in [0, 0.1) is 29.6 Å². The van der Waals surface area contributed by atoms with Crippen LogP contribution in [0.3, 0.4) is 0 Å². The summed E-state index contributed by atoms with van der Waals surface area (Å²) >= 11 is 0. The molecule has 7 rings (SSSR count). The van der Waals surface area contributed by atoms with Crippen LogP contribution in [0.4, 0.5) is 5.82 Å². The van der Waals surface area contributed by atoms with E-state index in [9.17, 15) is 14.7 Å². The van der Waals surface area contributed by atoms with Crippen molar-refractivity contribution in [3.05, 3.63) is 34.6 Å². The molecule has 0 radical (unpaired) electrons. The first-order valence-corrected chi connectivity index (χ1v) is 16.1. The Balaban J connectivity index is 1.28. The lowest BCUT2D eigenvalue weighted by Gasteiger charge is -2.47. The SMILES string of the molecule is COC1CN(c2nc3ccccc3n(C3CC4CN(C5CC6CCCC(C6)C5)C(C3)C(C)CC4C)c2=O)C1C(=O)O. The molecular formula is C33H46N4O4. The first kappa shape index (κ1) is 27.4. The largest absolute Gasteiger partial charge is 0.480 e. The van der Waals surface area contributed by atoms with Crippen molar-refractivity contribution in [2.45, 2.75) is 102 Å². The number of carboxylic acids is 1. The van der Waals surface area contributed by atoms with Gasteiger partial charge in [0.1, 0.15) is 6.10 Å². The Labute approximate surface area is 243 Å². The van der Waals surface area contributed by atoms with E-state index in [1.165, 1.54) is 52.1 Å². The van der Waals surface area contributed by atoms with Gasteiger partial charge in [0.15, 0.2) is 11.9 Å². The van der Waals surface area contributed by atoms with E-state index in [1.54, 1.807) is 4.90 Å². The second-order valence-electron chi connectivity index (χ2n) is 14.2. The van der Waals surface area contributed by atoms with Crippen LogP contribution in [0.15, 0.2) is 29.1 Å². The minimum absolute atomic E-state index is 0.0604. The van der Waals surface area contributed by atoms with Crippen molar-refractivity contribution >= 4 is 22.8 Å². The summed E-state index contributed by atoms with van der Waals surface area (Å²) in [6.45, 7) is 6.38. The summed E-state index contributed by atoms with van der Waals surface area (Å²) in [4.78, 5) is 35.9. The Morgan fingerprint density at radius 1 is 0.951 bits per heavy atom. The smallest absolute Gasteiger partial charge is 0.329 e. The van der Waals surface area contributed by atoms with E-state index >= 15 is 0 Å². The monoisotopic (exact) mass is 562 g/mol. The Hall–Kier alpha value is -2.45. The summed E-state index contributed by atoms with van der Waals surface area (Å²) in [6.07, 6.45) is 11.1. The number of hydrogen-bond acceptors (Lipinski definition) is 6. The summed E-state index contributed by atoms with van der Waals surface area (Å²) in [7, 11) is 1.53. The van der Waals surface area contributed by atoms with E-state index in [0.717, 1.165) is 42.3 Å². The number of rotatable bonds is 5. The van der Waals surface area contributed by atoms with E-state index in [0.29, 0.717) is 36.4 Å². The van der Waals surface area contributed by atoms with E-state index in [4.69, 9.17) is 9.72 Å². The normalized spacial score (nSPS) is 39.2. The first-order chi connectivity index (χ1) is 19.8. The van der Waals surface area contributed by atoms with Crippen molar-refractivity contribution in [1.29, 1.82) is 0 Å². The molecule has 2 aromatic rings. The van der Waals surface area contributed by atoms with Crippen LogP contribution in [-0.2, 0) is 9.53 Å². The predicted molar refractivity (Wildman–Crippen MR) is 159 cm³/mol. The molecule has 3 aliphatic heterocycles. The minimum Gasteiger partial charge on any atom is -0.480 e. The van der Waals surface area contributed by atoms with Gasteiger partial charge in [-0.25, -0.2) is 9.78 Å². The van der Waals surface area contributed by atoms with Crippen molar-refractivity contribution in [1.82, 2.24) is 14.5 Å². The number of anilines is 1. The lowest BCUT2D eigenvalue weighted by Crippen LogP contribution is -2.66. The summed E-state index contributed by atoms with van der Waals surface area (Å²) in [5, 5.41) is 9.94. The first-order valence-electron chi connectivity index (χ1n) is 16.1. The molecule has 9 atom stereocenters. The second kappa shape index (κ2) is 10.7. The third kappa shape index (κ3) is 4.69. The number of ether oxygens (including phenoxy) is 1. The minimum atomic E-state index is -0.983. The molecule has 222 valence electrons. The maximum atomic E-state index is 14.4. The van der Waals surface area contributed by atoms with E-state index in [1.807, 2.05) is 28.8 Å². The van der Waals surface area contributed by atoms with Gasteiger partial charge in [-0.05, 0) is 80.2 Å². The summed E-state index contributed by atoms with van der Waals surface area (Å²) < 4.78 is 7.42. The summed E-state index contributed by atoms with van der Waals surface area (Å²) in [6, 6.07) is 8.19. The van der Waals surface area contributed by atoms with Crippen LogP contribution in [0.2, 0.25) is 0 Å². The topological polar surface area (TPSA) is 87.9 Å². The van der Waals surface area contributed by atoms with E-state index < -0.39 is 18.1 Å². The number of carbonyl (C=O) groups is 1. The average molecular weight is 563 g/mol. The van der Waals surface area contributed by atoms with Gasteiger partial charge in [0.05, 0.1) is 11.0 Å². The maximum Gasteiger partial charge on any atom is 0.329 e. The van der Waals surface area contributed by atoms with Gasteiger partial charge in [-0.2, -0.15) is 0 Å². The zero-order chi connectivity index (χ0) is 28.4. The maximum absolute atomic E-state index is 14.4. The molecule has 41 heavy (non-hydrogen) atoms. The molecule has 2 saturated carbocycles. The highest BCUT2D eigenvalue weighted by Gasteiger charge is 2.48. The average Bonchev–Trinajstić information content (AvgIpc) is 3.19. The highest BCUT2D eigenvalue weighted by molar-refractivity contribution is 5.83. The predicted octanol–water partition coefficient (Wildman–Crippen LogP) is 4.95. The van der Waals surface area contributed by atoms with Gasteiger partial charge < -0.3 is 19.3 Å². The van der Waals surface area contributed by atoms with Crippen LogP contribution in [0.5, 0.6) is 0 Å². The molecule has 4 bridgehead atoms. The van der Waals surface area contributed by atoms with Crippen LogP contribution in [-0.4, -0.2) is 70.0 Å². The fourth-order valence-corrected chi connectivity index (χ4v) is 9.72. The van der Waals surface area contributed by atoms with Gasteiger partial charge in [-0.15, -0.1) is 0 Å². The molecule has 5 fully saturated rings. The number of fused-ring (bicyclic) bond motifs is 6. The zero-order valence-electron chi connectivity index (χ0n) is 24.8. The molecule has 9 unspecified atom stereocenters. The molecule has 4 heterocycles. The Kier molecular flexibility index (Phi) is 7.13. The number of hydrogen-bond donors (Lipinski definition) is 1. The summed E-state index contributed by atoms with van der Waals surface area (Å²) in [5.41, 5.74) is 1.45. The highest BCUT2D eigenvalue weighted by Crippen LogP contribution is 2.48. The van der Waals surface area contributed by atoms with Gasteiger partial charge in [0.2, 0.25) is 0 Å². The van der Waals surface area contributed by atoms with Crippen LogP contribution in [0.1, 0.15) is 77.7 Å². The Morgan fingerprint density at radius 2 is 1.71 bits per heavy atom. The lowest BCUT2D eigenvalue weighted by atomic mass is 9.69. The third-order valence-electron chi connectivity index (χ3n) is 11.8. The number of carboxylic acid groups (broad SMARTS) is 1. The van der Waals surface area contributed by atoms with Crippen LogP contribution in [0.25, 0.3) is 11.0 Å². The number of methoxy groups -OCH3 is 1. The van der Waals surface area contributed by atoms with Crippen molar-refractivity contribution in [2.24, 2.45) is 29.6 Å². The van der Waals surface area contributed by atoms with Gasteiger partial charge in [-0.1, -0.05) is 45.2 Å². The van der Waals surface area contributed by atoms with Crippen LogP contribution >= 0.6 is 0 Å². The molecular weight excluding hydrogens is 516 g/mol. The molecule has 0 amide bonds. The molecule has 3 saturated heterocycles. The zero-order valence-corrected chi connectivity index (χ0v) is 24.8. The molecule has 8 heteroatoms. The number of aromatic nitrogens is 2. The number of nitrogens with zero attached hydrogens (tertiary/aromatic N) is 4. The van der Waals surface area contributed by atoms with Crippen molar-refractivity contribution in [2.75, 3.05) is 25.1 Å². The Bertz CT molecular complexity index is 1350. The van der Waals surface area contributed by atoms with Crippen molar-refractivity contribution in [3.63, 3.8) is 0 Å². The van der Waals surface area contributed by atoms with Crippen LogP contribution < -0.4 is 10.5 Å². The molecule has 2 aliphatic carbocycles. The second-order valence-corrected chi connectivity index (χ2v) is 14.2. The van der Waals surface area contributed by atoms with Gasteiger partial charge in [0.25, 0.3) is 5.56 Å². The highest BCUT2D eigenvalue weighted by atomic mass is 16.5. The molecule has 8 nitrogen and oxygen atoms in total. The standard InChI is InChI=1S/C33H46N4O4/c1-19-11-20(2)28-16-25(15-23(19)17-35(28)24-13-21-7-6-8-22(12-21)14-24)37-27-10-5-4-9-26(27)34-31(32(37)38)36-18-29(41-3)30(36)33(39)40/h4-5,9-10,19-25,28-30H,6-8,11-18H2,1-3H3,(H,39,40). The lowest BCUT2D eigenvalue weighted by molar-refractivity contribution is -0.145. The molecule has 5 aliphatic rings.